The van der Waals surface area contributed by atoms with E-state index in [1.807, 2.05) is 46.9 Å². The van der Waals surface area contributed by atoms with Crippen LogP contribution in [0, 0.1) is 10.6 Å². The molecule has 4 aromatic rings. The van der Waals surface area contributed by atoms with Gasteiger partial charge in [0.2, 0.25) is 0 Å². The lowest BCUT2D eigenvalue weighted by atomic mass is 10.1. The van der Waals surface area contributed by atoms with Crippen LogP contribution in [-0.4, -0.2) is 32.3 Å². The topological polar surface area (TPSA) is 85.8 Å². The third-order valence-electron chi connectivity index (χ3n) is 5.77. The highest BCUT2D eigenvalue weighted by molar-refractivity contribution is 14.1. The summed E-state index contributed by atoms with van der Waals surface area (Å²) in [5.74, 6) is -0.839. The van der Waals surface area contributed by atoms with E-state index in [-0.39, 0.29) is 29.4 Å². The molecule has 0 fully saturated rings. The van der Waals surface area contributed by atoms with Crippen molar-refractivity contribution >= 4 is 55.2 Å². The van der Waals surface area contributed by atoms with Crippen molar-refractivity contribution < 1.29 is 35.9 Å². The smallest absolute Gasteiger partial charge is 0.462 e. The second kappa shape index (κ2) is 11.4. The number of rotatable bonds is 8. The molecule has 0 amide bonds. The largest absolute Gasteiger partial charge is 0.573 e. The molecule has 0 N–H and O–H groups in total. The van der Waals surface area contributed by atoms with E-state index in [0.717, 1.165) is 27.2 Å². The molecule has 12 heteroatoms. The molecule has 0 spiro atoms. The number of esters is 1. The zero-order valence-electron chi connectivity index (χ0n) is 20.7. The van der Waals surface area contributed by atoms with Crippen LogP contribution < -0.4 is 9.04 Å². The van der Waals surface area contributed by atoms with E-state index >= 15 is 0 Å². The summed E-state index contributed by atoms with van der Waals surface area (Å²) in [7, 11) is -4.25. The van der Waals surface area contributed by atoms with Gasteiger partial charge in [-0.1, -0.05) is 36.4 Å². The highest BCUT2D eigenvalue weighted by Crippen LogP contribution is 2.34. The molecule has 39 heavy (non-hydrogen) atoms. The molecule has 0 aliphatic carbocycles. The number of nitrogens with zero attached hydrogens (tertiary/aromatic N) is 2. The molecule has 0 aliphatic rings. The second-order valence-corrected chi connectivity index (χ2v) is 11.2. The molecule has 0 unspecified atom stereocenters. The summed E-state index contributed by atoms with van der Waals surface area (Å²) in [4.78, 5) is 16.6. The van der Waals surface area contributed by atoms with Crippen LogP contribution in [0.2, 0.25) is 0 Å². The molecular formula is C27H22F3IN2O5S. The molecular weight excluding hydrogens is 648 g/mol. The standard InChI is InChI=1S/C27H22F3IN2O5S/c1-3-37-26(34)19-10-14-21(15-11-19)39(35,36)33(16-18-8-12-20(13-9-18)38-27(28,29)30)25-17(2)22-6-4-5-7-23(22)24(31)32-25/h4-15H,3,16H2,1-2H3. The van der Waals surface area contributed by atoms with Crippen molar-refractivity contribution in [1.29, 1.82) is 0 Å². The molecule has 204 valence electrons. The van der Waals surface area contributed by atoms with Crippen molar-refractivity contribution in [2.24, 2.45) is 0 Å². The first-order valence-corrected chi connectivity index (χ1v) is 14.1. The summed E-state index contributed by atoms with van der Waals surface area (Å²) < 4.78 is 76.4. The summed E-state index contributed by atoms with van der Waals surface area (Å²) in [6, 6.07) is 17.7. The Morgan fingerprint density at radius 2 is 1.59 bits per heavy atom. The summed E-state index contributed by atoms with van der Waals surface area (Å²) in [6.45, 7) is 3.37. The lowest BCUT2D eigenvalue weighted by Gasteiger charge is -2.26. The first-order chi connectivity index (χ1) is 18.4. The third-order valence-corrected chi connectivity index (χ3v) is 8.34. The van der Waals surface area contributed by atoms with E-state index in [4.69, 9.17) is 4.74 Å². The Morgan fingerprint density at radius 3 is 2.18 bits per heavy atom. The van der Waals surface area contributed by atoms with Gasteiger partial charge in [-0.15, -0.1) is 13.2 Å². The molecule has 0 saturated carbocycles. The summed E-state index contributed by atoms with van der Waals surface area (Å²) in [5.41, 5.74) is 1.20. The number of carbonyl (C=O) groups excluding carboxylic acids is 1. The minimum absolute atomic E-state index is 0.100. The summed E-state index contributed by atoms with van der Waals surface area (Å²) in [5, 5.41) is 1.66. The Balaban J connectivity index is 1.80. The Hall–Kier alpha value is -3.39. The summed E-state index contributed by atoms with van der Waals surface area (Å²) >= 11 is 2.04. The van der Waals surface area contributed by atoms with Crippen LogP contribution in [0.15, 0.2) is 77.7 Å². The number of carbonyl (C=O) groups is 1. The molecule has 0 atom stereocenters. The number of hydrogen-bond acceptors (Lipinski definition) is 6. The average molecular weight is 670 g/mol. The van der Waals surface area contributed by atoms with Gasteiger partial charge in [-0.2, -0.15) is 0 Å². The molecule has 4 rings (SSSR count). The van der Waals surface area contributed by atoms with Gasteiger partial charge in [0.1, 0.15) is 15.3 Å². The van der Waals surface area contributed by atoms with Gasteiger partial charge in [-0.05, 0) is 83.8 Å². The second-order valence-electron chi connectivity index (χ2n) is 8.35. The monoisotopic (exact) mass is 670 g/mol. The Labute approximate surface area is 236 Å². The first kappa shape index (κ1) is 28.6. The van der Waals surface area contributed by atoms with E-state index in [1.54, 1.807) is 13.8 Å². The van der Waals surface area contributed by atoms with Crippen molar-refractivity contribution in [2.75, 3.05) is 10.9 Å². The van der Waals surface area contributed by atoms with Crippen LogP contribution in [-0.2, 0) is 21.3 Å². The van der Waals surface area contributed by atoms with E-state index in [1.165, 1.54) is 36.4 Å². The van der Waals surface area contributed by atoms with Crippen LogP contribution in [0.3, 0.4) is 0 Å². The lowest BCUT2D eigenvalue weighted by Crippen LogP contribution is -2.32. The highest BCUT2D eigenvalue weighted by Gasteiger charge is 2.32. The van der Waals surface area contributed by atoms with Gasteiger partial charge in [0.25, 0.3) is 10.0 Å². The van der Waals surface area contributed by atoms with E-state index < -0.39 is 28.1 Å². The lowest BCUT2D eigenvalue weighted by molar-refractivity contribution is -0.274. The Morgan fingerprint density at radius 1 is 0.974 bits per heavy atom. The molecule has 0 bridgehead atoms. The number of pyridine rings is 1. The zero-order chi connectivity index (χ0) is 28.4. The number of benzene rings is 3. The maximum absolute atomic E-state index is 14.0. The van der Waals surface area contributed by atoms with Gasteiger partial charge in [-0.3, -0.25) is 0 Å². The minimum Gasteiger partial charge on any atom is -0.462 e. The van der Waals surface area contributed by atoms with Gasteiger partial charge in [-0.25, -0.2) is 22.5 Å². The molecule has 1 aromatic heterocycles. The number of halogens is 4. The Bertz CT molecular complexity index is 1610. The number of aryl methyl sites for hydroxylation is 1. The van der Waals surface area contributed by atoms with Crippen molar-refractivity contribution in [2.45, 2.75) is 31.7 Å². The van der Waals surface area contributed by atoms with Crippen molar-refractivity contribution in [3.63, 3.8) is 0 Å². The van der Waals surface area contributed by atoms with Gasteiger partial charge < -0.3 is 9.47 Å². The normalized spacial score (nSPS) is 11.8. The van der Waals surface area contributed by atoms with Crippen molar-refractivity contribution in [3.05, 3.63) is 93.2 Å². The number of hydrogen-bond donors (Lipinski definition) is 0. The Kier molecular flexibility index (Phi) is 8.35. The van der Waals surface area contributed by atoms with Gasteiger partial charge in [0, 0.05) is 10.9 Å². The fourth-order valence-corrected chi connectivity index (χ4v) is 6.09. The summed E-state index contributed by atoms with van der Waals surface area (Å²) in [6.07, 6.45) is -4.85. The van der Waals surface area contributed by atoms with Gasteiger partial charge >= 0.3 is 12.3 Å². The van der Waals surface area contributed by atoms with Crippen LogP contribution in [0.4, 0.5) is 19.0 Å². The number of ether oxygens (including phenoxy) is 2. The molecule has 0 radical (unpaired) electrons. The quantitative estimate of drug-likeness (QED) is 0.119. The maximum Gasteiger partial charge on any atom is 0.573 e. The molecule has 7 nitrogen and oxygen atoms in total. The van der Waals surface area contributed by atoms with Crippen molar-refractivity contribution in [1.82, 2.24) is 4.98 Å². The predicted molar refractivity (Wildman–Crippen MR) is 148 cm³/mol. The predicted octanol–water partition coefficient (Wildman–Crippen LogP) is 6.62. The molecule has 1 heterocycles. The van der Waals surface area contributed by atoms with Crippen LogP contribution in [0.5, 0.6) is 5.75 Å². The fraction of sp³-hybridized carbons (Fsp3) is 0.185. The zero-order valence-corrected chi connectivity index (χ0v) is 23.7. The average Bonchev–Trinajstić information content (AvgIpc) is 2.90. The number of alkyl halides is 3. The van der Waals surface area contributed by atoms with Gasteiger partial charge in [0.05, 0.1) is 23.6 Å². The molecule has 3 aromatic carbocycles. The minimum atomic E-state index is -4.85. The van der Waals surface area contributed by atoms with E-state index in [0.29, 0.717) is 14.8 Å². The van der Waals surface area contributed by atoms with Crippen LogP contribution >= 0.6 is 22.6 Å². The number of aromatic nitrogens is 1. The van der Waals surface area contributed by atoms with Crippen molar-refractivity contribution in [3.8, 4) is 5.75 Å². The van der Waals surface area contributed by atoms with Gasteiger partial charge in [0.15, 0.2) is 0 Å². The molecule has 0 saturated heterocycles. The van der Waals surface area contributed by atoms with E-state index in [9.17, 15) is 26.4 Å². The SMILES string of the molecule is CCOC(=O)c1ccc(S(=O)(=O)N(Cc2ccc(OC(F)(F)F)cc2)c2nc(I)c3ccccc3c2C)cc1. The van der Waals surface area contributed by atoms with Crippen LogP contribution in [0.1, 0.15) is 28.4 Å². The van der Waals surface area contributed by atoms with E-state index in [2.05, 4.69) is 9.72 Å². The number of fused-ring (bicyclic) bond motifs is 1. The number of sulfonamides is 1. The first-order valence-electron chi connectivity index (χ1n) is 11.6. The van der Waals surface area contributed by atoms with Crippen LogP contribution in [0.25, 0.3) is 10.8 Å². The third kappa shape index (κ3) is 6.44. The maximum atomic E-state index is 14.0. The highest BCUT2D eigenvalue weighted by atomic mass is 127. The number of anilines is 1. The molecule has 0 aliphatic heterocycles. The fourth-order valence-electron chi connectivity index (χ4n) is 3.93.